The molecule has 1 aromatic heterocycles. The molecule has 0 bridgehead atoms. The molecule has 1 fully saturated rings. The molecular formula is C21H20N4O5. The molecule has 3 N–H and O–H groups in total. The summed E-state index contributed by atoms with van der Waals surface area (Å²) in [5, 5.41) is 2.94. The van der Waals surface area contributed by atoms with E-state index in [9.17, 15) is 14.4 Å². The number of hydrogen-bond donors (Lipinski definition) is 2. The molecule has 2 aromatic carbocycles. The summed E-state index contributed by atoms with van der Waals surface area (Å²) in [6, 6.07) is 15.6. The molecule has 0 spiro atoms. The molecule has 0 aliphatic heterocycles. The minimum absolute atomic E-state index is 0.0599. The first-order valence-corrected chi connectivity index (χ1v) is 9.44. The van der Waals surface area contributed by atoms with Crippen molar-refractivity contribution >= 4 is 28.6 Å². The first-order valence-electron chi connectivity index (χ1n) is 9.44. The third kappa shape index (κ3) is 4.01. The lowest BCUT2D eigenvalue weighted by atomic mass is 10.2. The van der Waals surface area contributed by atoms with E-state index >= 15 is 0 Å². The predicted molar refractivity (Wildman–Crippen MR) is 109 cm³/mol. The van der Waals surface area contributed by atoms with Crippen molar-refractivity contribution in [3.8, 4) is 0 Å². The molecule has 1 aliphatic rings. The SMILES string of the molecule is Nn1c(=O)c(NCCC2C(=O)C2OCOC(=O)c2ccccc2)nc2ccccc21. The normalized spacial score (nSPS) is 17.7. The molecule has 4 rings (SSSR count). The molecule has 154 valence electrons. The van der Waals surface area contributed by atoms with Gasteiger partial charge in [0.2, 0.25) is 0 Å². The molecule has 9 heteroatoms. The Kier molecular flexibility index (Phi) is 5.44. The molecule has 9 nitrogen and oxygen atoms in total. The van der Waals surface area contributed by atoms with E-state index in [2.05, 4.69) is 10.3 Å². The smallest absolute Gasteiger partial charge is 0.340 e. The summed E-state index contributed by atoms with van der Waals surface area (Å²) in [6.45, 7) is 0.0544. The van der Waals surface area contributed by atoms with Gasteiger partial charge in [0.25, 0.3) is 0 Å². The van der Waals surface area contributed by atoms with Crippen LogP contribution in [0.2, 0.25) is 0 Å². The number of benzene rings is 2. The highest BCUT2D eigenvalue weighted by Gasteiger charge is 2.50. The molecule has 1 aliphatic carbocycles. The Hall–Kier alpha value is -3.72. The zero-order valence-corrected chi connectivity index (χ0v) is 16.0. The van der Waals surface area contributed by atoms with Crippen molar-refractivity contribution < 1.29 is 19.1 Å². The fourth-order valence-electron chi connectivity index (χ4n) is 3.19. The minimum Gasteiger partial charge on any atom is -0.435 e. The van der Waals surface area contributed by atoms with Crippen molar-refractivity contribution in [3.05, 3.63) is 70.5 Å². The van der Waals surface area contributed by atoms with Crippen LogP contribution < -0.4 is 16.7 Å². The summed E-state index contributed by atoms with van der Waals surface area (Å²) < 4.78 is 11.4. The standard InChI is InChI=1S/C21H20N4O5/c22-25-16-9-5-4-8-15(16)24-19(20(25)27)23-11-10-14-17(26)18(14)29-12-30-21(28)13-6-2-1-3-7-13/h1-9,14,18H,10-12,22H2,(H,23,24). The van der Waals surface area contributed by atoms with E-state index in [1.165, 1.54) is 0 Å². The van der Waals surface area contributed by atoms with E-state index < -0.39 is 17.6 Å². The van der Waals surface area contributed by atoms with E-state index in [-0.39, 0.29) is 24.3 Å². The number of esters is 1. The van der Waals surface area contributed by atoms with Gasteiger partial charge in [-0.3, -0.25) is 9.59 Å². The molecule has 1 saturated carbocycles. The Bertz CT molecular complexity index is 1150. The second-order valence-electron chi connectivity index (χ2n) is 6.85. The maximum Gasteiger partial charge on any atom is 0.340 e. The summed E-state index contributed by atoms with van der Waals surface area (Å²) in [5.74, 6) is 5.08. The summed E-state index contributed by atoms with van der Waals surface area (Å²) in [4.78, 5) is 40.3. The van der Waals surface area contributed by atoms with Crippen molar-refractivity contribution in [2.24, 2.45) is 5.92 Å². The van der Waals surface area contributed by atoms with Crippen LogP contribution in [-0.4, -0.2) is 40.9 Å². The van der Waals surface area contributed by atoms with Gasteiger partial charge >= 0.3 is 11.5 Å². The van der Waals surface area contributed by atoms with E-state index in [1.54, 1.807) is 54.6 Å². The second-order valence-corrected chi connectivity index (χ2v) is 6.85. The molecule has 2 atom stereocenters. The number of carbonyl (C=O) groups excluding carboxylic acids is 2. The third-order valence-electron chi connectivity index (χ3n) is 4.89. The van der Waals surface area contributed by atoms with Crippen molar-refractivity contribution in [2.75, 3.05) is 24.5 Å². The van der Waals surface area contributed by atoms with Crippen LogP contribution in [0.15, 0.2) is 59.4 Å². The minimum atomic E-state index is -0.605. The maximum absolute atomic E-state index is 12.3. The van der Waals surface area contributed by atoms with Gasteiger partial charge in [0.15, 0.2) is 18.4 Å². The number of fused-ring (bicyclic) bond motifs is 1. The lowest BCUT2D eigenvalue weighted by Crippen LogP contribution is -2.31. The summed E-state index contributed by atoms with van der Waals surface area (Å²) in [6.07, 6.45) is -0.152. The van der Waals surface area contributed by atoms with E-state index in [4.69, 9.17) is 15.3 Å². The zero-order chi connectivity index (χ0) is 21.1. The fraction of sp³-hybridized carbons (Fsp3) is 0.238. The van der Waals surface area contributed by atoms with Crippen molar-refractivity contribution in [1.82, 2.24) is 9.66 Å². The molecular weight excluding hydrogens is 388 g/mol. The van der Waals surface area contributed by atoms with Crippen LogP contribution in [0.1, 0.15) is 16.8 Å². The van der Waals surface area contributed by atoms with Crippen molar-refractivity contribution in [1.29, 1.82) is 0 Å². The number of anilines is 1. The van der Waals surface area contributed by atoms with Crippen LogP contribution in [0.25, 0.3) is 11.0 Å². The van der Waals surface area contributed by atoms with E-state index in [0.717, 1.165) is 4.68 Å². The zero-order valence-electron chi connectivity index (χ0n) is 16.0. The van der Waals surface area contributed by atoms with Gasteiger partial charge in [-0.05, 0) is 30.7 Å². The molecule has 0 radical (unpaired) electrons. The first kappa shape index (κ1) is 19.6. The number of nitrogen functional groups attached to an aromatic ring is 1. The number of rotatable bonds is 8. The highest BCUT2D eigenvalue weighted by Crippen LogP contribution is 2.32. The van der Waals surface area contributed by atoms with Crippen LogP contribution >= 0.6 is 0 Å². The average Bonchev–Trinajstić information content (AvgIpc) is 3.39. The fourth-order valence-corrected chi connectivity index (χ4v) is 3.19. The highest BCUT2D eigenvalue weighted by molar-refractivity contribution is 6.02. The van der Waals surface area contributed by atoms with Gasteiger partial charge in [-0.1, -0.05) is 30.3 Å². The number of ketones is 1. The molecule has 3 aromatic rings. The van der Waals surface area contributed by atoms with Crippen LogP contribution in [0.4, 0.5) is 5.82 Å². The van der Waals surface area contributed by atoms with Gasteiger partial charge < -0.3 is 20.6 Å². The average molecular weight is 408 g/mol. The van der Waals surface area contributed by atoms with E-state index in [1.807, 2.05) is 0 Å². The van der Waals surface area contributed by atoms with Gasteiger partial charge in [0.05, 0.1) is 22.5 Å². The van der Waals surface area contributed by atoms with E-state index in [0.29, 0.717) is 29.6 Å². The monoisotopic (exact) mass is 408 g/mol. The Morgan fingerprint density at radius 3 is 2.63 bits per heavy atom. The molecule has 2 unspecified atom stereocenters. The lowest BCUT2D eigenvalue weighted by Gasteiger charge is -2.09. The number of para-hydroxylation sites is 2. The first-order chi connectivity index (χ1) is 14.6. The lowest BCUT2D eigenvalue weighted by molar-refractivity contribution is -0.116. The maximum atomic E-state index is 12.3. The Balaban J connectivity index is 1.25. The molecule has 1 heterocycles. The number of nitrogens with one attached hydrogen (secondary N) is 1. The summed E-state index contributed by atoms with van der Waals surface area (Å²) >= 11 is 0. The highest BCUT2D eigenvalue weighted by atomic mass is 16.7. The number of hydrogen-bond acceptors (Lipinski definition) is 8. The Morgan fingerprint density at radius 2 is 1.83 bits per heavy atom. The van der Waals surface area contributed by atoms with Gasteiger partial charge in [-0.25, -0.2) is 14.5 Å². The molecule has 30 heavy (non-hydrogen) atoms. The Labute approximate surface area is 171 Å². The number of aromatic nitrogens is 2. The van der Waals surface area contributed by atoms with Gasteiger partial charge in [-0.15, -0.1) is 0 Å². The van der Waals surface area contributed by atoms with Crippen LogP contribution in [-0.2, 0) is 14.3 Å². The third-order valence-corrected chi connectivity index (χ3v) is 4.89. The van der Waals surface area contributed by atoms with Crippen molar-refractivity contribution in [2.45, 2.75) is 12.5 Å². The van der Waals surface area contributed by atoms with Crippen LogP contribution in [0.3, 0.4) is 0 Å². The number of nitrogens with two attached hydrogens (primary N) is 1. The predicted octanol–water partition coefficient (Wildman–Crippen LogP) is 1.31. The number of ether oxygens (including phenoxy) is 2. The molecule has 0 amide bonds. The van der Waals surface area contributed by atoms with Crippen LogP contribution in [0, 0.1) is 5.92 Å². The second kappa shape index (κ2) is 8.34. The van der Waals surface area contributed by atoms with Gasteiger partial charge in [-0.2, -0.15) is 0 Å². The summed E-state index contributed by atoms with van der Waals surface area (Å²) in [5.41, 5.74) is 1.09. The Morgan fingerprint density at radius 1 is 1.10 bits per heavy atom. The molecule has 0 saturated heterocycles. The largest absolute Gasteiger partial charge is 0.435 e. The number of carbonyl (C=O) groups is 2. The van der Waals surface area contributed by atoms with Crippen molar-refractivity contribution in [3.63, 3.8) is 0 Å². The van der Waals surface area contributed by atoms with Crippen LogP contribution in [0.5, 0.6) is 0 Å². The van der Waals surface area contributed by atoms with Gasteiger partial charge in [0.1, 0.15) is 6.10 Å². The number of Topliss-reactive ketones (excluding diaryl/α,β-unsaturated/α-hetero) is 1. The van der Waals surface area contributed by atoms with Gasteiger partial charge in [0, 0.05) is 6.54 Å². The number of nitrogens with zero attached hydrogens (tertiary/aromatic N) is 2. The topological polar surface area (TPSA) is 126 Å². The summed E-state index contributed by atoms with van der Waals surface area (Å²) in [7, 11) is 0. The quantitative estimate of drug-likeness (QED) is 0.325.